The van der Waals surface area contributed by atoms with Gasteiger partial charge >= 0.3 is 5.97 Å². The Morgan fingerprint density at radius 2 is 2.25 bits per heavy atom. The van der Waals surface area contributed by atoms with E-state index >= 15 is 0 Å². The van der Waals surface area contributed by atoms with Crippen molar-refractivity contribution in [1.29, 1.82) is 0 Å². The lowest BCUT2D eigenvalue weighted by atomic mass is 10.2. The van der Waals surface area contributed by atoms with E-state index in [2.05, 4.69) is 4.98 Å². The summed E-state index contributed by atoms with van der Waals surface area (Å²) in [5, 5.41) is 17.8. The maximum atomic E-state index is 10.7. The van der Waals surface area contributed by atoms with Crippen LogP contribution in [0.1, 0.15) is 22.4 Å². The van der Waals surface area contributed by atoms with Gasteiger partial charge in [-0.3, -0.25) is 4.79 Å². The van der Waals surface area contributed by atoms with Crippen molar-refractivity contribution >= 4 is 23.4 Å². The summed E-state index contributed by atoms with van der Waals surface area (Å²) in [7, 11) is 0. The van der Waals surface area contributed by atoms with Crippen LogP contribution in [0.5, 0.6) is 0 Å². The van der Waals surface area contributed by atoms with E-state index in [0.717, 1.165) is 0 Å². The third kappa shape index (κ3) is 1.55. The third-order valence-electron chi connectivity index (χ3n) is 2.06. The molecule has 0 amide bonds. The summed E-state index contributed by atoms with van der Waals surface area (Å²) in [6, 6.07) is 4.64. The minimum atomic E-state index is -1.83. The molecule has 1 aromatic heterocycles. The van der Waals surface area contributed by atoms with Crippen LogP contribution in [0.4, 0.5) is 0 Å². The van der Waals surface area contributed by atoms with Gasteiger partial charge in [-0.15, -0.1) is 0 Å². The summed E-state index contributed by atoms with van der Waals surface area (Å²) in [5.41, 5.74) is 0.790. The molecule has 6 heteroatoms. The Labute approximate surface area is 89.1 Å². The molecule has 0 fully saturated rings. The number of carboxylic acid groups (broad SMARTS) is 1. The van der Waals surface area contributed by atoms with Crippen LogP contribution in [0.3, 0.4) is 0 Å². The van der Waals surface area contributed by atoms with Crippen LogP contribution in [0.15, 0.2) is 22.6 Å². The number of carbonyl (C=O) groups excluding carboxylic acids is 1. The number of nitrogens with zero attached hydrogens (tertiary/aromatic N) is 1. The number of benzene rings is 1. The quantitative estimate of drug-likeness (QED) is 0.742. The fraction of sp³-hybridized carbons (Fsp3) is 0.100. The lowest BCUT2D eigenvalue weighted by Crippen LogP contribution is -2.10. The van der Waals surface area contributed by atoms with Gasteiger partial charge in [-0.05, 0) is 12.1 Å². The van der Waals surface area contributed by atoms with Crippen LogP contribution >= 0.6 is 0 Å². The number of rotatable bonds is 3. The van der Waals surface area contributed by atoms with Crippen LogP contribution in [-0.4, -0.2) is 27.5 Å². The highest BCUT2D eigenvalue weighted by molar-refractivity contribution is 5.93. The summed E-state index contributed by atoms with van der Waals surface area (Å²) >= 11 is 0. The number of hydrogen-bond acceptors (Lipinski definition) is 5. The number of fused-ring (bicyclic) bond motifs is 1. The molecule has 1 heterocycles. The van der Waals surface area contributed by atoms with Crippen LogP contribution < -0.4 is 0 Å². The average molecular weight is 221 g/mol. The molecule has 2 N–H and O–H groups in total. The molecule has 82 valence electrons. The highest BCUT2D eigenvalue weighted by atomic mass is 16.4. The molecule has 0 aliphatic carbocycles. The molecule has 1 atom stereocenters. The molecule has 16 heavy (non-hydrogen) atoms. The second-order valence-corrected chi connectivity index (χ2v) is 3.10. The fourth-order valence-corrected chi connectivity index (χ4v) is 1.30. The molecule has 0 saturated carbocycles. The zero-order chi connectivity index (χ0) is 11.7. The zero-order valence-corrected chi connectivity index (χ0v) is 7.95. The molecule has 0 aliphatic heterocycles. The van der Waals surface area contributed by atoms with Gasteiger partial charge in [0.2, 0.25) is 12.0 Å². The van der Waals surface area contributed by atoms with Gasteiger partial charge in [0, 0.05) is 5.56 Å². The molecule has 6 nitrogen and oxygen atoms in total. The van der Waals surface area contributed by atoms with Gasteiger partial charge in [0.05, 0.1) is 0 Å². The van der Waals surface area contributed by atoms with E-state index in [1.165, 1.54) is 12.1 Å². The van der Waals surface area contributed by atoms with Crippen molar-refractivity contribution in [2.24, 2.45) is 0 Å². The Morgan fingerprint density at radius 3 is 2.88 bits per heavy atom. The molecule has 0 bridgehead atoms. The third-order valence-corrected chi connectivity index (χ3v) is 2.06. The number of para-hydroxylation sites is 1. The molecule has 0 spiro atoms. The van der Waals surface area contributed by atoms with Crippen molar-refractivity contribution < 1.29 is 24.2 Å². The smallest absolute Gasteiger partial charge is 0.342 e. The normalized spacial score (nSPS) is 12.6. The number of aliphatic hydroxyl groups excluding tert-OH is 1. The number of aromatic nitrogens is 1. The van der Waals surface area contributed by atoms with Crippen molar-refractivity contribution in [2.75, 3.05) is 0 Å². The number of aliphatic carboxylic acids is 1. The Morgan fingerprint density at radius 1 is 1.50 bits per heavy atom. The van der Waals surface area contributed by atoms with Crippen molar-refractivity contribution in [3.8, 4) is 0 Å². The van der Waals surface area contributed by atoms with Crippen molar-refractivity contribution in [3.63, 3.8) is 0 Å². The Bertz CT molecular complexity index is 559. The van der Waals surface area contributed by atoms with E-state index in [-0.39, 0.29) is 22.6 Å². The van der Waals surface area contributed by atoms with Crippen molar-refractivity contribution in [1.82, 2.24) is 4.98 Å². The first-order valence-electron chi connectivity index (χ1n) is 4.39. The van der Waals surface area contributed by atoms with E-state index in [1.54, 1.807) is 6.07 Å². The maximum Gasteiger partial charge on any atom is 0.342 e. The molecule has 1 unspecified atom stereocenters. The van der Waals surface area contributed by atoms with Gasteiger partial charge in [0.1, 0.15) is 5.52 Å². The molecule has 0 aliphatic rings. The number of hydrogen-bond donors (Lipinski definition) is 2. The number of aldehydes is 1. The van der Waals surface area contributed by atoms with Gasteiger partial charge in [0.25, 0.3) is 0 Å². The molecule has 2 aromatic rings. The lowest BCUT2D eigenvalue weighted by molar-refractivity contribution is -0.148. The van der Waals surface area contributed by atoms with Crippen LogP contribution in [0.2, 0.25) is 0 Å². The van der Waals surface area contributed by atoms with Gasteiger partial charge in [-0.25, -0.2) is 9.78 Å². The minimum Gasteiger partial charge on any atom is -0.479 e. The first-order valence-corrected chi connectivity index (χ1v) is 4.39. The van der Waals surface area contributed by atoms with Gasteiger partial charge in [-0.1, -0.05) is 6.07 Å². The topological polar surface area (TPSA) is 101 Å². The van der Waals surface area contributed by atoms with Crippen LogP contribution in [0.25, 0.3) is 11.1 Å². The second kappa shape index (κ2) is 3.74. The molecule has 0 saturated heterocycles. The predicted molar refractivity (Wildman–Crippen MR) is 52.0 cm³/mol. The zero-order valence-electron chi connectivity index (χ0n) is 7.95. The Kier molecular flexibility index (Phi) is 2.41. The first kappa shape index (κ1) is 10.3. The number of aliphatic hydroxyl groups is 1. The van der Waals surface area contributed by atoms with Gasteiger partial charge < -0.3 is 14.6 Å². The summed E-state index contributed by atoms with van der Waals surface area (Å²) in [4.78, 5) is 25.0. The first-order chi connectivity index (χ1) is 7.63. The second-order valence-electron chi connectivity index (χ2n) is 3.10. The summed E-state index contributed by atoms with van der Waals surface area (Å²) in [6.07, 6.45) is -1.24. The molecule has 0 radical (unpaired) electrons. The highest BCUT2D eigenvalue weighted by Crippen LogP contribution is 2.22. The monoisotopic (exact) mass is 221 g/mol. The van der Waals surface area contributed by atoms with Crippen LogP contribution in [-0.2, 0) is 4.79 Å². The number of carboxylic acids is 1. The van der Waals surface area contributed by atoms with Crippen molar-refractivity contribution in [2.45, 2.75) is 6.10 Å². The summed E-state index contributed by atoms with van der Waals surface area (Å²) in [5.74, 6) is -1.80. The predicted octanol–water partition coefficient (Wildman–Crippen LogP) is 0.758. The van der Waals surface area contributed by atoms with Crippen LogP contribution in [0, 0.1) is 0 Å². The maximum absolute atomic E-state index is 10.7. The van der Waals surface area contributed by atoms with Gasteiger partial charge in [-0.2, -0.15) is 0 Å². The minimum absolute atomic E-state index is 0.243. The lowest BCUT2D eigenvalue weighted by Gasteiger charge is -1.96. The Balaban J connectivity index is 2.59. The molecular weight excluding hydrogens is 214 g/mol. The fourth-order valence-electron chi connectivity index (χ4n) is 1.30. The van der Waals surface area contributed by atoms with Crippen molar-refractivity contribution in [3.05, 3.63) is 29.7 Å². The van der Waals surface area contributed by atoms with E-state index in [9.17, 15) is 14.7 Å². The van der Waals surface area contributed by atoms with E-state index in [4.69, 9.17) is 9.52 Å². The average Bonchev–Trinajstić information content (AvgIpc) is 2.70. The van der Waals surface area contributed by atoms with E-state index in [0.29, 0.717) is 6.29 Å². The standard InChI is InChI=1S/C10H7NO5/c12-4-5-2-1-3-6-7(5)11-9(16-6)8(13)10(14)15/h1-4,8,13H,(H,14,15). The SMILES string of the molecule is O=Cc1cccc2oc(C(O)C(=O)O)nc12. The molecule has 1 aromatic carbocycles. The number of carbonyl (C=O) groups is 2. The summed E-state index contributed by atoms with van der Waals surface area (Å²) < 4.78 is 5.03. The van der Waals surface area contributed by atoms with E-state index < -0.39 is 12.1 Å². The Hall–Kier alpha value is -2.21. The highest BCUT2D eigenvalue weighted by Gasteiger charge is 2.23. The number of oxazole rings is 1. The summed E-state index contributed by atoms with van der Waals surface area (Å²) in [6.45, 7) is 0. The molecule has 2 rings (SSSR count). The largest absolute Gasteiger partial charge is 0.479 e. The van der Waals surface area contributed by atoms with E-state index in [1.807, 2.05) is 0 Å². The van der Waals surface area contributed by atoms with Gasteiger partial charge in [0.15, 0.2) is 11.9 Å². The molecular formula is C10H7NO5.